The number of hydrogen-bond acceptors (Lipinski definition) is 5. The molecule has 1 aromatic carbocycles. The Bertz CT molecular complexity index is 776. The molecule has 2 aliphatic rings. The van der Waals surface area contributed by atoms with E-state index in [1.165, 1.54) is 0 Å². The normalized spacial score (nSPS) is 21.6. The van der Waals surface area contributed by atoms with Gasteiger partial charge in [-0.15, -0.1) is 4.40 Å². The molecule has 136 valence electrons. The van der Waals surface area contributed by atoms with E-state index < -0.39 is 10.0 Å². The van der Waals surface area contributed by atoms with E-state index >= 15 is 0 Å². The quantitative estimate of drug-likeness (QED) is 0.787. The molecule has 2 aliphatic heterocycles. The molecule has 1 saturated heterocycles. The summed E-state index contributed by atoms with van der Waals surface area (Å²) in [4.78, 5) is 14.5. The fraction of sp³-hybridized carbons (Fsp3) is 0.529. The fourth-order valence-electron chi connectivity index (χ4n) is 3.27. The van der Waals surface area contributed by atoms with E-state index in [-0.39, 0.29) is 16.7 Å². The predicted molar refractivity (Wildman–Crippen MR) is 94.0 cm³/mol. The molecule has 0 saturated carbocycles. The second-order valence-corrected chi connectivity index (χ2v) is 7.88. The zero-order valence-electron chi connectivity index (χ0n) is 14.3. The molecule has 1 fully saturated rings. The Labute approximate surface area is 148 Å². The number of rotatable bonds is 5. The molecule has 1 N–H and O–H groups in total. The van der Waals surface area contributed by atoms with Gasteiger partial charge in [0.05, 0.1) is 5.92 Å². The number of benzene rings is 1. The lowest BCUT2D eigenvalue weighted by Crippen LogP contribution is -2.45. The van der Waals surface area contributed by atoms with Crippen molar-refractivity contribution in [3.63, 3.8) is 0 Å². The van der Waals surface area contributed by atoms with Crippen molar-refractivity contribution in [2.24, 2.45) is 10.3 Å². The highest BCUT2D eigenvalue weighted by molar-refractivity contribution is 7.90. The zero-order valence-corrected chi connectivity index (χ0v) is 15.1. The molecular formula is C17H23N3O4S. The summed E-state index contributed by atoms with van der Waals surface area (Å²) in [6, 6.07) is 6.85. The minimum Gasteiger partial charge on any atom is -0.385 e. The number of fused-ring (bicyclic) bond motifs is 1. The molecule has 2 heterocycles. The van der Waals surface area contributed by atoms with Crippen LogP contribution < -0.4 is 5.32 Å². The molecule has 1 atom stereocenters. The molecule has 7 nitrogen and oxygen atoms in total. The van der Waals surface area contributed by atoms with Gasteiger partial charge in [0.1, 0.15) is 4.90 Å². The van der Waals surface area contributed by atoms with Crippen LogP contribution in [0.5, 0.6) is 0 Å². The Morgan fingerprint density at radius 1 is 1.40 bits per heavy atom. The fourth-order valence-corrected chi connectivity index (χ4v) is 4.50. The van der Waals surface area contributed by atoms with Crippen molar-refractivity contribution in [1.82, 2.24) is 10.2 Å². The van der Waals surface area contributed by atoms with Crippen LogP contribution in [-0.4, -0.2) is 58.4 Å². The summed E-state index contributed by atoms with van der Waals surface area (Å²) in [6.45, 7) is 2.39. The number of carbonyl (C=O) groups is 1. The van der Waals surface area contributed by atoms with Crippen LogP contribution in [0.4, 0.5) is 0 Å². The Morgan fingerprint density at radius 3 is 3.00 bits per heavy atom. The monoisotopic (exact) mass is 365 g/mol. The Kier molecular flexibility index (Phi) is 5.39. The first-order valence-electron chi connectivity index (χ1n) is 8.49. The number of methoxy groups -OCH3 is 1. The molecule has 0 bridgehead atoms. The van der Waals surface area contributed by atoms with Crippen molar-refractivity contribution in [1.29, 1.82) is 0 Å². The number of amidine groups is 1. The third-order valence-corrected chi connectivity index (χ3v) is 5.85. The second-order valence-electron chi connectivity index (χ2n) is 6.31. The SMILES string of the molecule is COCCCNC(=O)[C@@H]1CCCN(C2=NS(=O)(=O)c3ccccc32)C1. The Morgan fingerprint density at radius 2 is 2.20 bits per heavy atom. The Hall–Kier alpha value is -1.93. The van der Waals surface area contributed by atoms with Gasteiger partial charge in [0.25, 0.3) is 10.0 Å². The van der Waals surface area contributed by atoms with E-state index in [4.69, 9.17) is 4.74 Å². The highest BCUT2D eigenvalue weighted by Crippen LogP contribution is 2.29. The van der Waals surface area contributed by atoms with E-state index in [1.807, 2.05) is 4.90 Å². The molecule has 1 amide bonds. The lowest BCUT2D eigenvalue weighted by molar-refractivity contribution is -0.126. The summed E-state index contributed by atoms with van der Waals surface area (Å²) in [7, 11) is -2.00. The topological polar surface area (TPSA) is 88.1 Å². The van der Waals surface area contributed by atoms with Gasteiger partial charge < -0.3 is 15.0 Å². The first kappa shape index (κ1) is 17.9. The molecule has 1 aromatic rings. The minimum absolute atomic E-state index is 0.00976. The van der Waals surface area contributed by atoms with Crippen LogP contribution in [0.3, 0.4) is 0 Å². The average Bonchev–Trinajstić information content (AvgIpc) is 2.90. The predicted octanol–water partition coefficient (Wildman–Crippen LogP) is 1.00. The molecule has 8 heteroatoms. The van der Waals surface area contributed by atoms with E-state index in [1.54, 1.807) is 31.4 Å². The van der Waals surface area contributed by atoms with Crippen LogP contribution in [0.1, 0.15) is 24.8 Å². The van der Waals surface area contributed by atoms with Gasteiger partial charge in [-0.25, -0.2) is 0 Å². The molecule has 0 radical (unpaired) electrons. The van der Waals surface area contributed by atoms with Gasteiger partial charge in [-0.05, 0) is 31.4 Å². The molecule has 0 unspecified atom stereocenters. The maximum absolute atomic E-state index is 12.4. The molecular weight excluding hydrogens is 342 g/mol. The lowest BCUT2D eigenvalue weighted by atomic mass is 9.96. The first-order valence-corrected chi connectivity index (χ1v) is 9.93. The molecule has 3 rings (SSSR count). The average molecular weight is 365 g/mol. The number of sulfonamides is 1. The van der Waals surface area contributed by atoms with Gasteiger partial charge in [-0.3, -0.25) is 4.79 Å². The highest BCUT2D eigenvalue weighted by Gasteiger charge is 2.35. The summed E-state index contributed by atoms with van der Waals surface area (Å²) in [5, 5.41) is 2.93. The van der Waals surface area contributed by atoms with Crippen molar-refractivity contribution in [3.8, 4) is 0 Å². The third kappa shape index (κ3) is 3.85. The highest BCUT2D eigenvalue weighted by atomic mass is 32.2. The molecule has 0 aliphatic carbocycles. The summed E-state index contributed by atoms with van der Waals surface area (Å²) in [5.74, 6) is 0.317. The smallest absolute Gasteiger partial charge is 0.285 e. The number of carbonyl (C=O) groups excluding carboxylic acids is 1. The number of nitrogens with zero attached hydrogens (tertiary/aromatic N) is 2. The van der Waals surface area contributed by atoms with E-state index in [9.17, 15) is 13.2 Å². The maximum Gasteiger partial charge on any atom is 0.285 e. The van der Waals surface area contributed by atoms with Gasteiger partial charge in [-0.2, -0.15) is 8.42 Å². The summed E-state index contributed by atoms with van der Waals surface area (Å²) >= 11 is 0. The van der Waals surface area contributed by atoms with Gasteiger partial charge in [0.2, 0.25) is 5.91 Å². The number of hydrogen-bond donors (Lipinski definition) is 1. The summed E-state index contributed by atoms with van der Waals surface area (Å²) in [5.41, 5.74) is 0.628. The van der Waals surface area contributed by atoms with Crippen LogP contribution in [0.2, 0.25) is 0 Å². The summed E-state index contributed by atoms with van der Waals surface area (Å²) in [6.07, 6.45) is 2.41. The van der Waals surface area contributed by atoms with Gasteiger partial charge in [0.15, 0.2) is 5.84 Å². The van der Waals surface area contributed by atoms with Crippen molar-refractivity contribution in [2.75, 3.05) is 33.4 Å². The van der Waals surface area contributed by atoms with Crippen molar-refractivity contribution in [3.05, 3.63) is 29.8 Å². The minimum atomic E-state index is -3.63. The number of nitrogens with one attached hydrogen (secondary N) is 1. The van der Waals surface area contributed by atoms with Gasteiger partial charge in [0, 0.05) is 38.9 Å². The van der Waals surface area contributed by atoms with Crippen molar-refractivity contribution >= 4 is 21.8 Å². The third-order valence-electron chi connectivity index (χ3n) is 4.53. The number of amides is 1. The maximum atomic E-state index is 12.4. The van der Waals surface area contributed by atoms with Crippen LogP contribution in [-0.2, 0) is 19.6 Å². The zero-order chi connectivity index (χ0) is 17.9. The van der Waals surface area contributed by atoms with Gasteiger partial charge >= 0.3 is 0 Å². The number of piperidine rings is 1. The van der Waals surface area contributed by atoms with Crippen LogP contribution >= 0.6 is 0 Å². The van der Waals surface area contributed by atoms with Crippen LogP contribution in [0.25, 0.3) is 0 Å². The van der Waals surface area contributed by atoms with Crippen LogP contribution in [0.15, 0.2) is 33.6 Å². The second kappa shape index (κ2) is 7.53. The lowest BCUT2D eigenvalue weighted by Gasteiger charge is -2.33. The standard InChI is InChI=1S/C17H23N3O4S/c1-24-11-5-9-18-17(21)13-6-4-10-20(12-13)16-14-7-2-3-8-15(14)25(22,23)19-16/h2-3,7-8,13H,4-6,9-12H2,1H3,(H,18,21)/t13-/m1/s1. The van der Waals surface area contributed by atoms with Crippen LogP contribution in [0, 0.1) is 5.92 Å². The number of ether oxygens (including phenoxy) is 1. The molecule has 0 spiro atoms. The van der Waals surface area contributed by atoms with Crippen molar-refractivity contribution in [2.45, 2.75) is 24.2 Å². The number of likely N-dealkylation sites (tertiary alicyclic amines) is 1. The van der Waals surface area contributed by atoms with E-state index in [2.05, 4.69) is 9.71 Å². The van der Waals surface area contributed by atoms with Crippen molar-refractivity contribution < 1.29 is 17.9 Å². The van der Waals surface area contributed by atoms with Gasteiger partial charge in [-0.1, -0.05) is 12.1 Å². The summed E-state index contributed by atoms with van der Waals surface area (Å²) < 4.78 is 33.4. The molecule has 25 heavy (non-hydrogen) atoms. The van der Waals surface area contributed by atoms with E-state index in [0.717, 1.165) is 19.3 Å². The van der Waals surface area contributed by atoms with E-state index in [0.29, 0.717) is 37.6 Å². The molecule has 0 aromatic heterocycles. The largest absolute Gasteiger partial charge is 0.385 e. The Balaban J connectivity index is 1.69. The first-order chi connectivity index (χ1) is 12.0.